The Bertz CT molecular complexity index is 678. The van der Waals surface area contributed by atoms with Crippen LogP contribution in [0.25, 0.3) is 5.69 Å². The van der Waals surface area contributed by atoms with Gasteiger partial charge in [-0.1, -0.05) is 16.8 Å². The zero-order chi connectivity index (χ0) is 13.6. The van der Waals surface area contributed by atoms with Crippen LogP contribution in [0.15, 0.2) is 24.3 Å². The van der Waals surface area contributed by atoms with Gasteiger partial charge in [0.05, 0.1) is 5.69 Å². The van der Waals surface area contributed by atoms with Crippen LogP contribution in [-0.4, -0.2) is 38.3 Å². The minimum atomic E-state index is -0.400. The number of rotatable bonds is 2. The van der Waals surface area contributed by atoms with Crippen LogP contribution >= 0.6 is 11.6 Å². The minimum Gasteiger partial charge on any atom is -0.272 e. The summed E-state index contributed by atoms with van der Waals surface area (Å²) in [4.78, 5) is 25.2. The molecule has 0 unspecified atom stereocenters. The zero-order valence-electron chi connectivity index (χ0n) is 10.00. The smallest absolute Gasteiger partial charge is 0.272 e. The number of carbonyl (C=O) groups is 2. The van der Waals surface area contributed by atoms with Crippen molar-refractivity contribution < 1.29 is 9.59 Å². The van der Waals surface area contributed by atoms with E-state index in [1.807, 2.05) is 0 Å². The van der Waals surface area contributed by atoms with Gasteiger partial charge < -0.3 is 0 Å². The van der Waals surface area contributed by atoms with Crippen molar-refractivity contribution in [3.8, 4) is 5.69 Å². The van der Waals surface area contributed by atoms with Gasteiger partial charge in [0.2, 0.25) is 0 Å². The Balaban J connectivity index is 2.13. The molecule has 3 rings (SSSR count). The van der Waals surface area contributed by atoms with Gasteiger partial charge in [-0.05, 0) is 31.2 Å². The third kappa shape index (κ3) is 1.64. The van der Waals surface area contributed by atoms with E-state index in [1.165, 1.54) is 4.68 Å². The van der Waals surface area contributed by atoms with Crippen LogP contribution in [0.1, 0.15) is 27.9 Å². The van der Waals surface area contributed by atoms with Gasteiger partial charge in [0.15, 0.2) is 11.4 Å². The van der Waals surface area contributed by atoms with E-state index in [1.54, 1.807) is 31.2 Å². The SMILES string of the molecule is CCN1C(=O)c2nnn(-c3ccc(Cl)cc3)c2C1=O. The maximum Gasteiger partial charge on any atom is 0.283 e. The Morgan fingerprint density at radius 2 is 1.84 bits per heavy atom. The van der Waals surface area contributed by atoms with Crippen molar-refractivity contribution in [3.05, 3.63) is 40.7 Å². The molecule has 1 aliphatic heterocycles. The molecule has 0 bridgehead atoms. The molecule has 0 aliphatic carbocycles. The van der Waals surface area contributed by atoms with Crippen LogP contribution < -0.4 is 0 Å². The summed E-state index contributed by atoms with van der Waals surface area (Å²) < 4.78 is 1.36. The molecule has 0 spiro atoms. The molecule has 1 aromatic heterocycles. The van der Waals surface area contributed by atoms with Crippen LogP contribution in [0.5, 0.6) is 0 Å². The van der Waals surface area contributed by atoms with E-state index in [4.69, 9.17) is 11.6 Å². The first kappa shape index (κ1) is 11.9. The number of carbonyl (C=O) groups excluding carboxylic acids is 2. The van der Waals surface area contributed by atoms with E-state index in [9.17, 15) is 9.59 Å². The van der Waals surface area contributed by atoms with Crippen molar-refractivity contribution in [2.24, 2.45) is 0 Å². The summed E-state index contributed by atoms with van der Waals surface area (Å²) >= 11 is 5.81. The van der Waals surface area contributed by atoms with Crippen molar-refractivity contribution in [3.63, 3.8) is 0 Å². The number of amides is 2. The second kappa shape index (κ2) is 4.17. The molecule has 0 N–H and O–H groups in total. The van der Waals surface area contributed by atoms with E-state index in [-0.39, 0.29) is 17.3 Å². The van der Waals surface area contributed by atoms with Crippen LogP contribution in [0.3, 0.4) is 0 Å². The molecular weight excluding hydrogens is 268 g/mol. The third-order valence-electron chi connectivity index (χ3n) is 2.95. The lowest BCUT2D eigenvalue weighted by molar-refractivity contribution is 0.0655. The van der Waals surface area contributed by atoms with E-state index in [0.717, 1.165) is 4.90 Å². The normalized spacial score (nSPS) is 14.1. The molecule has 0 atom stereocenters. The monoisotopic (exact) mass is 276 g/mol. The molecule has 1 aliphatic rings. The fraction of sp³-hybridized carbons (Fsp3) is 0.167. The first-order chi connectivity index (χ1) is 9.13. The maximum absolute atomic E-state index is 12.1. The highest BCUT2D eigenvalue weighted by Crippen LogP contribution is 2.23. The summed E-state index contributed by atoms with van der Waals surface area (Å²) in [6, 6.07) is 6.79. The van der Waals surface area contributed by atoms with Gasteiger partial charge in [-0.3, -0.25) is 14.5 Å². The number of nitrogens with zero attached hydrogens (tertiary/aromatic N) is 4. The number of hydrogen-bond acceptors (Lipinski definition) is 4. The minimum absolute atomic E-state index is 0.0989. The molecule has 0 radical (unpaired) electrons. The number of halogens is 1. The first-order valence-corrected chi connectivity index (χ1v) is 6.09. The van der Waals surface area contributed by atoms with Gasteiger partial charge in [-0.2, -0.15) is 0 Å². The number of aromatic nitrogens is 3. The lowest BCUT2D eigenvalue weighted by Crippen LogP contribution is -2.30. The molecule has 7 heteroatoms. The Labute approximate surface area is 113 Å². The second-order valence-electron chi connectivity index (χ2n) is 4.03. The summed E-state index contributed by atoms with van der Waals surface area (Å²) in [5, 5.41) is 8.24. The van der Waals surface area contributed by atoms with Crippen molar-refractivity contribution >= 4 is 23.4 Å². The largest absolute Gasteiger partial charge is 0.283 e. The van der Waals surface area contributed by atoms with Crippen molar-refractivity contribution in [1.82, 2.24) is 19.9 Å². The van der Waals surface area contributed by atoms with E-state index in [2.05, 4.69) is 10.3 Å². The highest BCUT2D eigenvalue weighted by molar-refractivity contribution is 6.30. The lowest BCUT2D eigenvalue weighted by Gasteiger charge is -2.10. The topological polar surface area (TPSA) is 68.1 Å². The molecule has 0 saturated carbocycles. The fourth-order valence-corrected chi connectivity index (χ4v) is 2.14. The summed E-state index contributed by atoms with van der Waals surface area (Å²) in [6.45, 7) is 2.05. The summed E-state index contributed by atoms with van der Waals surface area (Å²) in [5.41, 5.74) is 0.938. The molecule has 96 valence electrons. The Morgan fingerprint density at radius 3 is 2.47 bits per heavy atom. The third-order valence-corrected chi connectivity index (χ3v) is 3.21. The van der Waals surface area contributed by atoms with E-state index >= 15 is 0 Å². The summed E-state index contributed by atoms with van der Waals surface area (Å²) in [6.07, 6.45) is 0. The van der Waals surface area contributed by atoms with Gasteiger partial charge in [0, 0.05) is 11.6 Å². The van der Waals surface area contributed by atoms with Gasteiger partial charge in [0.25, 0.3) is 11.8 Å². The van der Waals surface area contributed by atoms with Gasteiger partial charge in [-0.15, -0.1) is 5.10 Å². The molecule has 0 fully saturated rings. The molecule has 0 saturated heterocycles. The molecule has 1 aromatic carbocycles. The highest BCUT2D eigenvalue weighted by atomic mass is 35.5. The van der Waals surface area contributed by atoms with E-state index in [0.29, 0.717) is 17.3 Å². The molecule has 19 heavy (non-hydrogen) atoms. The van der Waals surface area contributed by atoms with Gasteiger partial charge in [0.1, 0.15) is 0 Å². The lowest BCUT2D eigenvalue weighted by atomic mass is 10.3. The predicted molar refractivity (Wildman–Crippen MR) is 67.4 cm³/mol. The molecule has 2 amide bonds. The van der Waals surface area contributed by atoms with Crippen LogP contribution in [0.4, 0.5) is 0 Å². The predicted octanol–water partition coefficient (Wildman–Crippen LogP) is 1.54. The first-order valence-electron chi connectivity index (χ1n) is 5.71. The fourth-order valence-electron chi connectivity index (χ4n) is 2.02. The standard InChI is InChI=1S/C12H9ClN4O2/c1-2-16-11(18)9-10(12(16)19)17(15-14-9)8-5-3-7(13)4-6-8/h3-6H,2H2,1H3. The van der Waals surface area contributed by atoms with Crippen LogP contribution in [0, 0.1) is 0 Å². The second-order valence-corrected chi connectivity index (χ2v) is 4.47. The van der Waals surface area contributed by atoms with E-state index < -0.39 is 5.91 Å². The summed E-state index contributed by atoms with van der Waals surface area (Å²) in [5.74, 6) is -0.773. The van der Waals surface area contributed by atoms with Crippen molar-refractivity contribution in [1.29, 1.82) is 0 Å². The Morgan fingerprint density at radius 1 is 1.16 bits per heavy atom. The zero-order valence-corrected chi connectivity index (χ0v) is 10.8. The van der Waals surface area contributed by atoms with Crippen LogP contribution in [0.2, 0.25) is 5.02 Å². The molecule has 2 aromatic rings. The average molecular weight is 277 g/mol. The molecule has 6 nitrogen and oxygen atoms in total. The number of fused-ring (bicyclic) bond motifs is 1. The van der Waals surface area contributed by atoms with Gasteiger partial charge >= 0.3 is 0 Å². The number of imide groups is 1. The summed E-state index contributed by atoms with van der Waals surface area (Å²) in [7, 11) is 0. The quantitative estimate of drug-likeness (QED) is 0.780. The average Bonchev–Trinajstić information content (AvgIpc) is 2.93. The molecule has 2 heterocycles. The Hall–Kier alpha value is -2.21. The van der Waals surface area contributed by atoms with Crippen LogP contribution in [-0.2, 0) is 0 Å². The number of hydrogen-bond donors (Lipinski definition) is 0. The van der Waals surface area contributed by atoms with Gasteiger partial charge in [-0.25, -0.2) is 4.68 Å². The maximum atomic E-state index is 12.1. The van der Waals surface area contributed by atoms with Crippen molar-refractivity contribution in [2.45, 2.75) is 6.92 Å². The molecular formula is C12H9ClN4O2. The highest BCUT2D eigenvalue weighted by Gasteiger charge is 2.40. The van der Waals surface area contributed by atoms with Crippen molar-refractivity contribution in [2.75, 3.05) is 6.54 Å². The number of benzene rings is 1. The Kier molecular flexibility index (Phi) is 2.60.